The highest BCUT2D eigenvalue weighted by Gasteiger charge is 2.18. The molecule has 1 aromatic heterocycles. The lowest BCUT2D eigenvalue weighted by Gasteiger charge is -2.36. The van der Waals surface area contributed by atoms with Gasteiger partial charge in [-0.25, -0.2) is 0 Å². The molecule has 0 atom stereocenters. The first-order chi connectivity index (χ1) is 12.2. The third-order valence-corrected chi connectivity index (χ3v) is 5.90. The highest BCUT2D eigenvalue weighted by atomic mass is 79.9. The van der Waals surface area contributed by atoms with Crippen molar-refractivity contribution in [2.75, 3.05) is 42.9 Å². The van der Waals surface area contributed by atoms with Crippen molar-refractivity contribution >= 4 is 50.6 Å². The largest absolute Gasteiger partial charge is 0.367 e. The van der Waals surface area contributed by atoms with E-state index in [0.717, 1.165) is 52.8 Å². The molecule has 0 bridgehead atoms. The van der Waals surface area contributed by atoms with Crippen molar-refractivity contribution in [1.82, 2.24) is 4.90 Å². The molecule has 0 spiro atoms. The Morgan fingerprint density at radius 2 is 1.96 bits per heavy atom. The molecule has 1 aliphatic heterocycles. The molecule has 0 aliphatic carbocycles. The van der Waals surface area contributed by atoms with E-state index >= 15 is 0 Å². The van der Waals surface area contributed by atoms with E-state index in [1.807, 2.05) is 36.4 Å². The van der Waals surface area contributed by atoms with Gasteiger partial charge in [-0.3, -0.25) is 4.79 Å². The minimum Gasteiger partial charge on any atom is -0.367 e. The van der Waals surface area contributed by atoms with Gasteiger partial charge in [-0.1, -0.05) is 19.1 Å². The SMILES string of the molecule is CCN1CCN(c2ccccc2NC(=O)/C=C/c2ccc(Br)s2)CC1. The van der Waals surface area contributed by atoms with E-state index in [1.165, 1.54) is 0 Å². The summed E-state index contributed by atoms with van der Waals surface area (Å²) in [6.07, 6.45) is 3.43. The van der Waals surface area contributed by atoms with Gasteiger partial charge < -0.3 is 15.1 Å². The maximum Gasteiger partial charge on any atom is 0.248 e. The summed E-state index contributed by atoms with van der Waals surface area (Å²) in [6.45, 7) is 7.38. The van der Waals surface area contributed by atoms with Crippen LogP contribution < -0.4 is 10.2 Å². The van der Waals surface area contributed by atoms with Gasteiger partial charge in [-0.15, -0.1) is 11.3 Å². The Labute approximate surface area is 161 Å². The average molecular weight is 420 g/mol. The number of carbonyl (C=O) groups is 1. The zero-order valence-electron chi connectivity index (χ0n) is 14.2. The molecule has 6 heteroatoms. The molecule has 1 fully saturated rings. The number of para-hydroxylation sites is 2. The average Bonchev–Trinajstić information content (AvgIpc) is 3.06. The number of carbonyl (C=O) groups excluding carboxylic acids is 1. The zero-order valence-corrected chi connectivity index (χ0v) is 16.6. The maximum absolute atomic E-state index is 12.3. The molecule has 1 amide bonds. The summed E-state index contributed by atoms with van der Waals surface area (Å²) in [7, 11) is 0. The fourth-order valence-electron chi connectivity index (χ4n) is 2.91. The van der Waals surface area contributed by atoms with Gasteiger partial charge in [-0.2, -0.15) is 0 Å². The number of hydrogen-bond acceptors (Lipinski definition) is 4. The van der Waals surface area contributed by atoms with E-state index in [1.54, 1.807) is 17.4 Å². The normalized spacial score (nSPS) is 15.7. The van der Waals surface area contributed by atoms with Gasteiger partial charge in [0.05, 0.1) is 15.2 Å². The first-order valence-electron chi connectivity index (χ1n) is 8.46. The third-order valence-electron chi connectivity index (χ3n) is 4.32. The van der Waals surface area contributed by atoms with Crippen molar-refractivity contribution in [2.45, 2.75) is 6.92 Å². The molecule has 3 rings (SSSR count). The van der Waals surface area contributed by atoms with Crippen molar-refractivity contribution in [1.29, 1.82) is 0 Å². The Balaban J connectivity index is 1.66. The molecule has 0 radical (unpaired) electrons. The summed E-state index contributed by atoms with van der Waals surface area (Å²) in [5, 5.41) is 3.02. The summed E-state index contributed by atoms with van der Waals surface area (Å²) in [5.41, 5.74) is 1.97. The van der Waals surface area contributed by atoms with Crippen LogP contribution in [0.5, 0.6) is 0 Å². The van der Waals surface area contributed by atoms with Crippen molar-refractivity contribution in [3.63, 3.8) is 0 Å². The van der Waals surface area contributed by atoms with Crippen molar-refractivity contribution < 1.29 is 4.79 Å². The molecule has 1 aliphatic rings. The number of thiophene rings is 1. The molecule has 0 unspecified atom stereocenters. The summed E-state index contributed by atoms with van der Waals surface area (Å²) in [6, 6.07) is 12.0. The number of likely N-dealkylation sites (N-methyl/N-ethyl adjacent to an activating group) is 1. The van der Waals surface area contributed by atoms with Gasteiger partial charge in [0.15, 0.2) is 0 Å². The molecule has 25 heavy (non-hydrogen) atoms. The Morgan fingerprint density at radius 1 is 1.20 bits per heavy atom. The van der Waals surface area contributed by atoms with E-state index in [4.69, 9.17) is 0 Å². The van der Waals surface area contributed by atoms with Crippen LogP contribution in [0.2, 0.25) is 0 Å². The topological polar surface area (TPSA) is 35.6 Å². The lowest BCUT2D eigenvalue weighted by Crippen LogP contribution is -2.46. The standard InChI is InChI=1S/C19H22BrN3OS/c1-2-22-11-13-23(14-12-22)17-6-4-3-5-16(17)21-19(24)10-8-15-7-9-18(20)25-15/h3-10H,2,11-14H2,1H3,(H,21,24)/b10-8+. The van der Waals surface area contributed by atoms with Gasteiger partial charge >= 0.3 is 0 Å². The summed E-state index contributed by atoms with van der Waals surface area (Å²) in [4.78, 5) is 18.1. The fraction of sp³-hybridized carbons (Fsp3) is 0.316. The van der Waals surface area contributed by atoms with Crippen molar-refractivity contribution in [3.05, 3.63) is 51.1 Å². The van der Waals surface area contributed by atoms with Crippen molar-refractivity contribution in [3.8, 4) is 0 Å². The number of benzene rings is 1. The number of amides is 1. The lowest BCUT2D eigenvalue weighted by molar-refractivity contribution is -0.111. The number of hydrogen-bond donors (Lipinski definition) is 1. The Morgan fingerprint density at radius 3 is 2.64 bits per heavy atom. The molecule has 2 heterocycles. The van der Waals surface area contributed by atoms with Crippen LogP contribution >= 0.6 is 27.3 Å². The van der Waals surface area contributed by atoms with Crippen LogP contribution in [0.25, 0.3) is 6.08 Å². The minimum absolute atomic E-state index is 0.107. The highest BCUT2D eigenvalue weighted by Crippen LogP contribution is 2.27. The van der Waals surface area contributed by atoms with Gasteiger partial charge in [0.2, 0.25) is 5.91 Å². The van der Waals surface area contributed by atoms with Gasteiger partial charge in [0, 0.05) is 37.1 Å². The zero-order chi connectivity index (χ0) is 17.6. The Bertz CT molecular complexity index is 751. The number of anilines is 2. The first kappa shape index (κ1) is 18.2. The van der Waals surface area contributed by atoms with Crippen LogP contribution in [-0.2, 0) is 4.79 Å². The van der Waals surface area contributed by atoms with Crippen LogP contribution in [0.15, 0.2) is 46.3 Å². The summed E-state index contributed by atoms with van der Waals surface area (Å²) >= 11 is 5.03. The molecular weight excluding hydrogens is 398 g/mol. The monoisotopic (exact) mass is 419 g/mol. The van der Waals surface area contributed by atoms with Gasteiger partial charge in [0.1, 0.15) is 0 Å². The molecule has 4 nitrogen and oxygen atoms in total. The summed E-state index contributed by atoms with van der Waals surface area (Å²) in [5.74, 6) is -0.107. The molecule has 1 aromatic carbocycles. The number of nitrogens with one attached hydrogen (secondary N) is 1. The fourth-order valence-corrected chi connectivity index (χ4v) is 4.24. The van der Waals surface area contributed by atoms with Gasteiger partial charge in [-0.05, 0) is 52.8 Å². The van der Waals surface area contributed by atoms with Crippen LogP contribution in [0.4, 0.5) is 11.4 Å². The molecule has 1 N–H and O–H groups in total. The third kappa shape index (κ3) is 4.93. The van der Waals surface area contributed by atoms with Crippen LogP contribution in [0.3, 0.4) is 0 Å². The number of halogens is 1. The number of nitrogens with zero attached hydrogens (tertiary/aromatic N) is 2. The van der Waals surface area contributed by atoms with E-state index in [-0.39, 0.29) is 5.91 Å². The number of piperazine rings is 1. The highest BCUT2D eigenvalue weighted by molar-refractivity contribution is 9.11. The Kier molecular flexibility index (Phi) is 6.29. The summed E-state index contributed by atoms with van der Waals surface area (Å²) < 4.78 is 1.06. The minimum atomic E-state index is -0.107. The molecular formula is C19H22BrN3OS. The van der Waals surface area contributed by atoms with Crippen LogP contribution in [0, 0.1) is 0 Å². The second-order valence-corrected chi connectivity index (χ2v) is 8.40. The molecule has 1 saturated heterocycles. The second-order valence-electron chi connectivity index (χ2n) is 5.90. The first-order valence-corrected chi connectivity index (χ1v) is 10.1. The number of rotatable bonds is 5. The lowest BCUT2D eigenvalue weighted by atomic mass is 10.2. The molecule has 2 aromatic rings. The molecule has 0 saturated carbocycles. The molecule has 132 valence electrons. The smallest absolute Gasteiger partial charge is 0.248 e. The predicted molar refractivity (Wildman–Crippen MR) is 110 cm³/mol. The van der Waals surface area contributed by atoms with E-state index < -0.39 is 0 Å². The van der Waals surface area contributed by atoms with Crippen molar-refractivity contribution in [2.24, 2.45) is 0 Å². The van der Waals surface area contributed by atoms with Gasteiger partial charge in [0.25, 0.3) is 0 Å². The van der Waals surface area contributed by atoms with Crippen LogP contribution in [-0.4, -0.2) is 43.5 Å². The van der Waals surface area contributed by atoms with E-state index in [9.17, 15) is 4.79 Å². The maximum atomic E-state index is 12.3. The second kappa shape index (κ2) is 8.65. The predicted octanol–water partition coefficient (Wildman–Crippen LogP) is 4.30. The Hall–Kier alpha value is -1.63. The van der Waals surface area contributed by atoms with Crippen LogP contribution in [0.1, 0.15) is 11.8 Å². The van der Waals surface area contributed by atoms with E-state index in [2.05, 4.69) is 44.0 Å². The quantitative estimate of drug-likeness (QED) is 0.733. The van der Waals surface area contributed by atoms with E-state index in [0.29, 0.717) is 0 Å².